The van der Waals surface area contributed by atoms with Crippen LogP contribution in [0.5, 0.6) is 0 Å². The summed E-state index contributed by atoms with van der Waals surface area (Å²) in [5.41, 5.74) is 0.460. The van der Waals surface area contributed by atoms with Crippen molar-refractivity contribution in [2.75, 3.05) is 26.2 Å². The van der Waals surface area contributed by atoms with E-state index in [0.29, 0.717) is 18.8 Å². The van der Waals surface area contributed by atoms with Gasteiger partial charge in [-0.05, 0) is 23.6 Å². The van der Waals surface area contributed by atoms with Crippen LogP contribution >= 0.6 is 11.3 Å². The molecular weight excluding hydrogens is 388 g/mol. The van der Waals surface area contributed by atoms with E-state index in [1.807, 2.05) is 17.5 Å². The van der Waals surface area contributed by atoms with Gasteiger partial charge in [-0.15, -0.1) is 11.3 Å². The van der Waals surface area contributed by atoms with Crippen LogP contribution in [0.2, 0.25) is 0 Å². The molecule has 27 heavy (non-hydrogen) atoms. The highest BCUT2D eigenvalue weighted by Gasteiger charge is 2.34. The predicted molar refractivity (Wildman–Crippen MR) is 99.9 cm³/mol. The molecule has 0 aliphatic carbocycles. The van der Waals surface area contributed by atoms with Gasteiger partial charge in [0.1, 0.15) is 10.6 Å². The molecule has 3 aromatic heterocycles. The van der Waals surface area contributed by atoms with Crippen molar-refractivity contribution in [3.63, 3.8) is 0 Å². The largest absolute Gasteiger partial charge is 0.459 e. The first-order chi connectivity index (χ1) is 13.0. The van der Waals surface area contributed by atoms with Crippen LogP contribution in [0.15, 0.2) is 51.4 Å². The summed E-state index contributed by atoms with van der Waals surface area (Å²) in [6.07, 6.45) is 2.98. The molecule has 142 valence electrons. The maximum absolute atomic E-state index is 13.2. The highest BCUT2D eigenvalue weighted by atomic mass is 32.2. The summed E-state index contributed by atoms with van der Waals surface area (Å²) in [5, 5.41) is 6.22. The van der Waals surface area contributed by atoms with Gasteiger partial charge in [0.05, 0.1) is 11.1 Å². The maximum Gasteiger partial charge on any atom is 0.289 e. The van der Waals surface area contributed by atoms with E-state index >= 15 is 0 Å². The summed E-state index contributed by atoms with van der Waals surface area (Å²) in [6, 6.07) is 6.98. The third kappa shape index (κ3) is 3.31. The molecule has 4 heterocycles. The molecule has 4 rings (SSSR count). The second-order valence-electron chi connectivity index (χ2n) is 6.17. The molecule has 1 fully saturated rings. The Hall–Kier alpha value is -2.43. The normalized spacial score (nSPS) is 16.0. The fraction of sp³-hybridized carbons (Fsp3) is 0.294. The highest BCUT2D eigenvalue weighted by molar-refractivity contribution is 7.89. The lowest BCUT2D eigenvalue weighted by Gasteiger charge is -2.33. The number of nitrogens with zero attached hydrogens (tertiary/aromatic N) is 4. The number of thiophene rings is 1. The van der Waals surface area contributed by atoms with Gasteiger partial charge in [-0.1, -0.05) is 6.07 Å². The average Bonchev–Trinajstić information content (AvgIpc) is 3.42. The zero-order chi connectivity index (χ0) is 19.0. The molecule has 1 aliphatic heterocycles. The molecule has 8 nitrogen and oxygen atoms in total. The summed E-state index contributed by atoms with van der Waals surface area (Å²) >= 11 is 1.45. The van der Waals surface area contributed by atoms with E-state index in [1.165, 1.54) is 32.8 Å². The smallest absolute Gasteiger partial charge is 0.289 e. The second kappa shape index (κ2) is 6.95. The Bertz CT molecular complexity index is 1030. The number of aryl methyl sites for hydroxylation is 1. The zero-order valence-corrected chi connectivity index (χ0v) is 16.2. The van der Waals surface area contributed by atoms with E-state index in [9.17, 15) is 13.2 Å². The van der Waals surface area contributed by atoms with Gasteiger partial charge in [-0.25, -0.2) is 8.42 Å². The molecule has 0 saturated carbocycles. The fourth-order valence-corrected chi connectivity index (χ4v) is 5.46. The second-order valence-corrected chi connectivity index (χ2v) is 9.02. The van der Waals surface area contributed by atoms with Crippen molar-refractivity contribution < 1.29 is 17.6 Å². The van der Waals surface area contributed by atoms with E-state index in [1.54, 1.807) is 24.1 Å². The predicted octanol–water partition coefficient (Wildman–Crippen LogP) is 1.89. The molecule has 0 radical (unpaired) electrons. The molecule has 0 atom stereocenters. The van der Waals surface area contributed by atoms with E-state index < -0.39 is 10.0 Å². The minimum absolute atomic E-state index is 0.193. The monoisotopic (exact) mass is 406 g/mol. The molecule has 0 N–H and O–H groups in total. The first-order valence-corrected chi connectivity index (χ1v) is 10.7. The van der Waals surface area contributed by atoms with Crippen molar-refractivity contribution in [3.05, 3.63) is 47.9 Å². The van der Waals surface area contributed by atoms with E-state index in [0.717, 1.165) is 4.88 Å². The molecule has 0 bridgehead atoms. The van der Waals surface area contributed by atoms with Gasteiger partial charge in [0, 0.05) is 39.4 Å². The van der Waals surface area contributed by atoms with Crippen molar-refractivity contribution in [2.24, 2.45) is 7.05 Å². The highest BCUT2D eigenvalue weighted by Crippen LogP contribution is 2.31. The lowest BCUT2D eigenvalue weighted by Crippen LogP contribution is -2.50. The number of hydrogen-bond acceptors (Lipinski definition) is 6. The summed E-state index contributed by atoms with van der Waals surface area (Å²) in [4.78, 5) is 15.0. The number of amides is 1. The van der Waals surface area contributed by atoms with Crippen LogP contribution in [-0.4, -0.2) is 59.5 Å². The number of carbonyl (C=O) groups is 1. The van der Waals surface area contributed by atoms with Gasteiger partial charge in [0.2, 0.25) is 10.0 Å². The van der Waals surface area contributed by atoms with Crippen LogP contribution in [0, 0.1) is 0 Å². The average molecular weight is 406 g/mol. The van der Waals surface area contributed by atoms with Gasteiger partial charge < -0.3 is 9.32 Å². The van der Waals surface area contributed by atoms with Crippen molar-refractivity contribution in [3.8, 4) is 10.6 Å². The quantitative estimate of drug-likeness (QED) is 0.660. The number of aromatic nitrogens is 2. The molecule has 0 spiro atoms. The Labute approximate surface area is 160 Å². The number of piperazine rings is 1. The van der Waals surface area contributed by atoms with Crippen LogP contribution in [0.3, 0.4) is 0 Å². The maximum atomic E-state index is 13.2. The SMILES string of the molecule is Cn1cc(S(=O)(=O)N2CCN(C(=O)c3ccco3)CC2)c(-c2cccs2)n1. The van der Waals surface area contributed by atoms with Gasteiger partial charge in [0.15, 0.2) is 5.76 Å². The standard InChI is InChI=1S/C17H18N4O4S2/c1-19-12-15(16(18-19)14-5-3-11-26-14)27(23,24)21-8-6-20(7-9-21)17(22)13-4-2-10-25-13/h2-5,10-12H,6-9H2,1H3. The lowest BCUT2D eigenvalue weighted by atomic mass is 10.3. The van der Waals surface area contributed by atoms with Crippen molar-refractivity contribution in [2.45, 2.75) is 4.90 Å². The Balaban J connectivity index is 1.54. The third-order valence-corrected chi connectivity index (χ3v) is 7.20. The van der Waals surface area contributed by atoms with Crippen molar-refractivity contribution >= 4 is 27.3 Å². The van der Waals surface area contributed by atoms with Gasteiger partial charge in [0.25, 0.3) is 5.91 Å². The van der Waals surface area contributed by atoms with Gasteiger partial charge in [-0.2, -0.15) is 9.40 Å². The van der Waals surface area contributed by atoms with Crippen LogP contribution in [0.4, 0.5) is 0 Å². The minimum Gasteiger partial charge on any atom is -0.459 e. The molecule has 0 aromatic carbocycles. The van der Waals surface area contributed by atoms with Gasteiger partial charge >= 0.3 is 0 Å². The number of sulfonamides is 1. The summed E-state index contributed by atoms with van der Waals surface area (Å²) in [7, 11) is -2.00. The van der Waals surface area contributed by atoms with Crippen molar-refractivity contribution in [1.29, 1.82) is 0 Å². The summed E-state index contributed by atoms with van der Waals surface area (Å²) in [5.74, 6) is 0.0382. The van der Waals surface area contributed by atoms with Crippen LogP contribution < -0.4 is 0 Å². The molecule has 0 unspecified atom stereocenters. The van der Waals surface area contributed by atoms with E-state index in [2.05, 4.69) is 5.10 Å². The molecule has 1 aliphatic rings. The van der Waals surface area contributed by atoms with Crippen molar-refractivity contribution in [1.82, 2.24) is 19.0 Å². The first kappa shape index (κ1) is 18.0. The molecule has 10 heteroatoms. The number of hydrogen-bond donors (Lipinski definition) is 0. The van der Waals surface area contributed by atoms with E-state index in [4.69, 9.17) is 4.42 Å². The Morgan fingerprint density at radius 3 is 2.59 bits per heavy atom. The van der Waals surface area contributed by atoms with Gasteiger partial charge in [-0.3, -0.25) is 9.48 Å². The minimum atomic E-state index is -3.71. The Morgan fingerprint density at radius 2 is 1.96 bits per heavy atom. The van der Waals surface area contributed by atoms with Crippen LogP contribution in [0.1, 0.15) is 10.6 Å². The zero-order valence-electron chi connectivity index (χ0n) is 14.6. The fourth-order valence-electron chi connectivity index (χ4n) is 3.07. The Morgan fingerprint density at radius 1 is 1.19 bits per heavy atom. The number of rotatable bonds is 4. The molecule has 3 aromatic rings. The topological polar surface area (TPSA) is 88.7 Å². The van der Waals surface area contributed by atoms with E-state index in [-0.39, 0.29) is 29.7 Å². The summed E-state index contributed by atoms with van der Waals surface area (Å²) < 4.78 is 34.4. The van der Waals surface area contributed by atoms with Crippen LogP contribution in [0.25, 0.3) is 10.6 Å². The lowest BCUT2D eigenvalue weighted by molar-refractivity contribution is 0.0666. The third-order valence-electron chi connectivity index (χ3n) is 4.43. The molecular formula is C17H18N4O4S2. The first-order valence-electron chi connectivity index (χ1n) is 8.37. The summed E-state index contributed by atoms with van der Waals surface area (Å²) in [6.45, 7) is 1.09. The number of carbonyl (C=O) groups excluding carboxylic acids is 1. The number of furan rings is 1. The Kier molecular flexibility index (Phi) is 4.62. The molecule has 1 saturated heterocycles. The van der Waals surface area contributed by atoms with Crippen LogP contribution in [-0.2, 0) is 17.1 Å². The molecule has 1 amide bonds.